The fraction of sp³-hybridized carbons (Fsp3) is 0.417. The first kappa shape index (κ1) is 13.1. The van der Waals surface area contributed by atoms with Crippen molar-refractivity contribution in [3.8, 4) is 0 Å². The fourth-order valence-corrected chi connectivity index (χ4v) is 1.76. The number of Topliss-reactive ketones (excluding diaryl/α,β-unsaturated/α-hetero) is 1. The van der Waals surface area contributed by atoms with Crippen LogP contribution in [-0.2, 0) is 0 Å². The van der Waals surface area contributed by atoms with Crippen molar-refractivity contribution >= 4 is 17.4 Å². The van der Waals surface area contributed by atoms with Crippen LogP contribution in [0.2, 0.25) is 5.02 Å². The first-order chi connectivity index (χ1) is 7.51. The SMILES string of the molecule is CCC(CO)C(=O)c1cc(F)c(C)cc1Cl. The summed E-state index contributed by atoms with van der Waals surface area (Å²) >= 11 is 5.89. The smallest absolute Gasteiger partial charge is 0.169 e. The largest absolute Gasteiger partial charge is 0.396 e. The van der Waals surface area contributed by atoms with Crippen LogP contribution in [0.3, 0.4) is 0 Å². The summed E-state index contributed by atoms with van der Waals surface area (Å²) < 4.78 is 13.3. The molecule has 0 aliphatic rings. The van der Waals surface area contributed by atoms with Gasteiger partial charge in [-0.25, -0.2) is 4.39 Å². The lowest BCUT2D eigenvalue weighted by Crippen LogP contribution is -2.18. The molecule has 1 atom stereocenters. The number of aliphatic hydroxyl groups is 1. The van der Waals surface area contributed by atoms with Gasteiger partial charge in [0.25, 0.3) is 0 Å². The molecule has 0 aliphatic heterocycles. The Balaban J connectivity index is 3.13. The molecule has 0 bridgehead atoms. The molecule has 2 nitrogen and oxygen atoms in total. The minimum absolute atomic E-state index is 0.144. The van der Waals surface area contributed by atoms with Crippen molar-refractivity contribution in [2.45, 2.75) is 20.3 Å². The molecule has 0 aromatic heterocycles. The van der Waals surface area contributed by atoms with Gasteiger partial charge >= 0.3 is 0 Å². The average molecular weight is 245 g/mol. The average Bonchev–Trinajstić information content (AvgIpc) is 2.25. The maximum absolute atomic E-state index is 13.3. The van der Waals surface area contributed by atoms with E-state index in [2.05, 4.69) is 0 Å². The number of benzene rings is 1. The molecule has 0 aliphatic carbocycles. The number of rotatable bonds is 4. The van der Waals surface area contributed by atoms with Crippen LogP contribution in [0.4, 0.5) is 4.39 Å². The van der Waals surface area contributed by atoms with E-state index in [9.17, 15) is 9.18 Å². The van der Waals surface area contributed by atoms with Crippen molar-refractivity contribution in [3.63, 3.8) is 0 Å². The van der Waals surface area contributed by atoms with Gasteiger partial charge < -0.3 is 5.11 Å². The van der Waals surface area contributed by atoms with E-state index in [1.807, 2.05) is 0 Å². The van der Waals surface area contributed by atoms with E-state index in [4.69, 9.17) is 16.7 Å². The van der Waals surface area contributed by atoms with Crippen LogP contribution in [0.15, 0.2) is 12.1 Å². The molecular formula is C12H14ClFO2. The van der Waals surface area contributed by atoms with Gasteiger partial charge in [-0.2, -0.15) is 0 Å². The zero-order valence-electron chi connectivity index (χ0n) is 9.26. The van der Waals surface area contributed by atoms with Crippen molar-refractivity contribution < 1.29 is 14.3 Å². The van der Waals surface area contributed by atoms with Crippen LogP contribution in [0, 0.1) is 18.7 Å². The summed E-state index contributed by atoms with van der Waals surface area (Å²) in [6.45, 7) is 3.12. The van der Waals surface area contributed by atoms with E-state index in [1.165, 1.54) is 6.07 Å². The number of aryl methyl sites for hydroxylation is 1. The van der Waals surface area contributed by atoms with Gasteiger partial charge in [-0.3, -0.25) is 4.79 Å². The second-order valence-corrected chi connectivity index (χ2v) is 4.14. The number of hydrogen-bond acceptors (Lipinski definition) is 2. The van der Waals surface area contributed by atoms with Crippen LogP contribution >= 0.6 is 11.6 Å². The molecule has 0 heterocycles. The van der Waals surface area contributed by atoms with Gasteiger partial charge in [0.05, 0.1) is 11.6 Å². The number of hydrogen-bond donors (Lipinski definition) is 1. The van der Waals surface area contributed by atoms with E-state index >= 15 is 0 Å². The molecule has 0 fully saturated rings. The molecule has 0 amide bonds. The predicted octanol–water partition coefficient (Wildman–Crippen LogP) is 2.99. The Morgan fingerprint density at radius 2 is 2.19 bits per heavy atom. The summed E-state index contributed by atoms with van der Waals surface area (Å²) in [5.41, 5.74) is 0.546. The molecule has 4 heteroatoms. The zero-order valence-corrected chi connectivity index (χ0v) is 10.0. The molecule has 0 saturated carbocycles. The number of carbonyl (C=O) groups is 1. The van der Waals surface area contributed by atoms with Crippen LogP contribution < -0.4 is 0 Å². The van der Waals surface area contributed by atoms with Gasteiger partial charge in [0.15, 0.2) is 5.78 Å². The second kappa shape index (κ2) is 5.41. The molecule has 0 saturated heterocycles. The first-order valence-electron chi connectivity index (χ1n) is 5.12. The Morgan fingerprint density at radius 1 is 1.56 bits per heavy atom. The van der Waals surface area contributed by atoms with Crippen molar-refractivity contribution in [1.82, 2.24) is 0 Å². The lowest BCUT2D eigenvalue weighted by Gasteiger charge is -2.12. The summed E-state index contributed by atoms with van der Waals surface area (Å²) in [6, 6.07) is 2.56. The normalized spacial score (nSPS) is 12.6. The Hall–Kier alpha value is -0.930. The summed E-state index contributed by atoms with van der Waals surface area (Å²) in [4.78, 5) is 11.9. The molecule has 1 N–H and O–H groups in total. The first-order valence-corrected chi connectivity index (χ1v) is 5.49. The molecular weight excluding hydrogens is 231 g/mol. The van der Waals surface area contributed by atoms with E-state index in [1.54, 1.807) is 13.8 Å². The Morgan fingerprint density at radius 3 is 2.69 bits per heavy atom. The third-order valence-corrected chi connectivity index (χ3v) is 2.91. The molecule has 0 radical (unpaired) electrons. The number of ketones is 1. The summed E-state index contributed by atoms with van der Waals surface area (Å²) in [7, 11) is 0. The Kier molecular flexibility index (Phi) is 4.44. The molecule has 1 unspecified atom stereocenters. The Labute approximate surface area is 99.0 Å². The summed E-state index contributed by atoms with van der Waals surface area (Å²) in [6.07, 6.45) is 0.501. The van der Waals surface area contributed by atoms with Gasteiger partial charge in [-0.15, -0.1) is 0 Å². The molecule has 16 heavy (non-hydrogen) atoms. The van der Waals surface area contributed by atoms with E-state index in [0.29, 0.717) is 12.0 Å². The standard InChI is InChI=1S/C12H14ClFO2/c1-3-8(6-15)12(16)9-5-11(14)7(2)4-10(9)13/h4-5,8,15H,3,6H2,1-2H3. The predicted molar refractivity (Wildman–Crippen MR) is 61.3 cm³/mol. The van der Waals surface area contributed by atoms with Crippen molar-refractivity contribution in [2.75, 3.05) is 6.61 Å². The lowest BCUT2D eigenvalue weighted by molar-refractivity contribution is 0.0856. The van der Waals surface area contributed by atoms with Crippen LogP contribution in [0.25, 0.3) is 0 Å². The second-order valence-electron chi connectivity index (χ2n) is 3.73. The van der Waals surface area contributed by atoms with Gasteiger partial charge in [-0.05, 0) is 31.0 Å². The topological polar surface area (TPSA) is 37.3 Å². The molecule has 88 valence electrons. The van der Waals surface area contributed by atoms with Gasteiger partial charge in [-0.1, -0.05) is 18.5 Å². The fourth-order valence-electron chi connectivity index (χ4n) is 1.45. The highest BCUT2D eigenvalue weighted by atomic mass is 35.5. The number of carbonyl (C=O) groups excluding carboxylic acids is 1. The van der Waals surface area contributed by atoms with E-state index in [0.717, 1.165) is 6.07 Å². The van der Waals surface area contributed by atoms with Gasteiger partial charge in [0.2, 0.25) is 0 Å². The van der Waals surface area contributed by atoms with Crippen molar-refractivity contribution in [2.24, 2.45) is 5.92 Å². The minimum Gasteiger partial charge on any atom is -0.396 e. The zero-order chi connectivity index (χ0) is 12.3. The van der Waals surface area contributed by atoms with E-state index < -0.39 is 11.7 Å². The van der Waals surface area contributed by atoms with Gasteiger partial charge in [0.1, 0.15) is 5.82 Å². The highest BCUT2D eigenvalue weighted by Gasteiger charge is 2.20. The Bertz CT molecular complexity index is 400. The maximum Gasteiger partial charge on any atom is 0.169 e. The molecule has 0 spiro atoms. The van der Waals surface area contributed by atoms with Crippen molar-refractivity contribution in [1.29, 1.82) is 0 Å². The summed E-state index contributed by atoms with van der Waals surface area (Å²) in [5, 5.41) is 9.25. The third-order valence-electron chi connectivity index (χ3n) is 2.60. The lowest BCUT2D eigenvalue weighted by atomic mass is 9.95. The molecule has 1 rings (SSSR count). The minimum atomic E-state index is -0.514. The van der Waals surface area contributed by atoms with Gasteiger partial charge in [0, 0.05) is 11.5 Å². The van der Waals surface area contributed by atoms with E-state index in [-0.39, 0.29) is 23.0 Å². The number of aliphatic hydroxyl groups excluding tert-OH is 1. The maximum atomic E-state index is 13.3. The van der Waals surface area contributed by atoms with Crippen LogP contribution in [0.1, 0.15) is 29.3 Å². The van der Waals surface area contributed by atoms with Crippen LogP contribution in [0.5, 0.6) is 0 Å². The highest BCUT2D eigenvalue weighted by Crippen LogP contribution is 2.24. The van der Waals surface area contributed by atoms with Crippen LogP contribution in [-0.4, -0.2) is 17.5 Å². The molecule has 1 aromatic carbocycles. The summed E-state index contributed by atoms with van der Waals surface area (Å²) in [5.74, 6) is -1.28. The highest BCUT2D eigenvalue weighted by molar-refractivity contribution is 6.34. The quantitative estimate of drug-likeness (QED) is 0.827. The number of halogens is 2. The molecule has 1 aromatic rings. The third kappa shape index (κ3) is 2.60. The van der Waals surface area contributed by atoms with Crippen molar-refractivity contribution in [3.05, 3.63) is 34.1 Å². The monoisotopic (exact) mass is 244 g/mol.